The molecule has 0 spiro atoms. The molecule has 0 radical (unpaired) electrons. The van der Waals surface area contributed by atoms with Crippen LogP contribution in [0.4, 0.5) is 0 Å². The van der Waals surface area contributed by atoms with Crippen molar-refractivity contribution in [2.75, 3.05) is 26.2 Å². The van der Waals surface area contributed by atoms with Crippen LogP contribution >= 0.6 is 0 Å². The van der Waals surface area contributed by atoms with E-state index in [9.17, 15) is 0 Å². The van der Waals surface area contributed by atoms with Crippen LogP contribution in [-0.4, -0.2) is 31.1 Å². The summed E-state index contributed by atoms with van der Waals surface area (Å²) in [6, 6.07) is 44.5. The summed E-state index contributed by atoms with van der Waals surface area (Å²) in [4.78, 5) is 2.71. The zero-order chi connectivity index (χ0) is 26.6. The van der Waals surface area contributed by atoms with Crippen LogP contribution in [0.15, 0.2) is 121 Å². The van der Waals surface area contributed by atoms with Crippen LogP contribution in [0.2, 0.25) is 0 Å². The first-order chi connectivity index (χ1) is 19.3. The number of benzene rings is 4. The van der Waals surface area contributed by atoms with Gasteiger partial charge >= 0.3 is 0 Å². The molecule has 1 heterocycles. The van der Waals surface area contributed by atoms with Crippen molar-refractivity contribution in [3.63, 3.8) is 0 Å². The highest BCUT2D eigenvalue weighted by atomic mass is 15.1. The van der Waals surface area contributed by atoms with Crippen molar-refractivity contribution >= 4 is 0 Å². The third-order valence-corrected chi connectivity index (χ3v) is 8.72. The average Bonchev–Trinajstić information content (AvgIpc) is 3.02. The number of likely N-dealkylation sites (tertiary alicyclic amines) is 1. The number of nitrogens with one attached hydrogen (secondary N) is 1. The Balaban J connectivity index is 1.23. The van der Waals surface area contributed by atoms with Gasteiger partial charge in [-0.25, -0.2) is 0 Å². The Kier molecular flexibility index (Phi) is 10.0. The number of piperidine rings is 1. The number of hydrogen-bond acceptors (Lipinski definition) is 2. The van der Waals surface area contributed by atoms with Crippen molar-refractivity contribution in [1.82, 2.24) is 10.2 Å². The summed E-state index contributed by atoms with van der Waals surface area (Å²) in [5, 5.41) is 3.69. The molecule has 39 heavy (non-hydrogen) atoms. The van der Waals surface area contributed by atoms with E-state index in [1.165, 1.54) is 67.6 Å². The summed E-state index contributed by atoms with van der Waals surface area (Å²) < 4.78 is 0. The van der Waals surface area contributed by atoms with Gasteiger partial charge in [-0.05, 0) is 92.9 Å². The van der Waals surface area contributed by atoms with Crippen LogP contribution in [0.1, 0.15) is 66.7 Å². The molecule has 0 aliphatic carbocycles. The maximum absolute atomic E-state index is 3.69. The molecule has 5 rings (SSSR count). The van der Waals surface area contributed by atoms with Gasteiger partial charge in [0.25, 0.3) is 0 Å². The predicted molar refractivity (Wildman–Crippen MR) is 165 cm³/mol. The minimum Gasteiger partial charge on any atom is -0.313 e. The molecule has 0 unspecified atom stereocenters. The quantitative estimate of drug-likeness (QED) is 0.180. The summed E-state index contributed by atoms with van der Waals surface area (Å²) >= 11 is 0. The van der Waals surface area contributed by atoms with Crippen LogP contribution in [0.25, 0.3) is 0 Å². The molecule has 1 N–H and O–H groups in total. The van der Waals surface area contributed by atoms with E-state index in [1.54, 1.807) is 0 Å². The van der Waals surface area contributed by atoms with E-state index in [0.717, 1.165) is 31.8 Å². The van der Waals surface area contributed by atoms with Crippen molar-refractivity contribution in [3.8, 4) is 0 Å². The molecule has 1 saturated heterocycles. The highest BCUT2D eigenvalue weighted by Gasteiger charge is 2.33. The van der Waals surface area contributed by atoms with E-state index in [2.05, 4.69) is 132 Å². The molecule has 1 aliphatic heterocycles. The first-order valence-electron chi connectivity index (χ1n) is 15.0. The van der Waals surface area contributed by atoms with Gasteiger partial charge in [0, 0.05) is 12.0 Å². The van der Waals surface area contributed by atoms with Gasteiger partial charge in [0.1, 0.15) is 0 Å². The normalized spacial score (nSPS) is 14.9. The summed E-state index contributed by atoms with van der Waals surface area (Å²) in [6.07, 6.45) is 7.26. The lowest BCUT2D eigenvalue weighted by molar-refractivity contribution is 0.203. The van der Waals surface area contributed by atoms with Crippen LogP contribution < -0.4 is 5.32 Å². The molecule has 1 fully saturated rings. The molecule has 202 valence electrons. The van der Waals surface area contributed by atoms with Gasteiger partial charge in [0.2, 0.25) is 0 Å². The Morgan fingerprint density at radius 3 is 1.72 bits per heavy atom. The molecule has 1 aliphatic rings. The van der Waals surface area contributed by atoms with Crippen LogP contribution in [-0.2, 0) is 12.0 Å². The summed E-state index contributed by atoms with van der Waals surface area (Å²) in [5.41, 5.74) is 5.83. The van der Waals surface area contributed by atoms with Crippen LogP contribution in [0.3, 0.4) is 0 Å². The Bertz CT molecular complexity index is 1160. The third-order valence-electron chi connectivity index (χ3n) is 8.72. The summed E-state index contributed by atoms with van der Waals surface area (Å²) in [5.74, 6) is 0.721. The Labute approximate surface area is 236 Å². The van der Waals surface area contributed by atoms with Crippen LogP contribution in [0, 0.1) is 0 Å². The predicted octanol–water partition coefficient (Wildman–Crippen LogP) is 8.20. The van der Waals surface area contributed by atoms with Gasteiger partial charge in [-0.2, -0.15) is 0 Å². The fourth-order valence-corrected chi connectivity index (χ4v) is 6.55. The monoisotopic (exact) mass is 516 g/mol. The molecule has 0 bridgehead atoms. The lowest BCUT2D eigenvalue weighted by Crippen LogP contribution is -2.35. The topological polar surface area (TPSA) is 15.3 Å². The fraction of sp³-hybridized carbons (Fsp3) is 0.351. The van der Waals surface area contributed by atoms with Crippen molar-refractivity contribution < 1.29 is 0 Å². The highest BCUT2D eigenvalue weighted by Crippen LogP contribution is 2.41. The van der Waals surface area contributed by atoms with Crippen molar-refractivity contribution in [2.24, 2.45) is 0 Å². The second kappa shape index (κ2) is 14.3. The Morgan fingerprint density at radius 1 is 0.615 bits per heavy atom. The average molecular weight is 517 g/mol. The molecule has 4 aromatic rings. The highest BCUT2D eigenvalue weighted by molar-refractivity contribution is 5.39. The molecule has 0 saturated carbocycles. The van der Waals surface area contributed by atoms with E-state index in [1.807, 2.05) is 0 Å². The molecular formula is C37H44N2. The minimum atomic E-state index is 0.0410. The van der Waals surface area contributed by atoms with E-state index in [0.29, 0.717) is 0 Å². The van der Waals surface area contributed by atoms with Crippen LogP contribution in [0.5, 0.6) is 0 Å². The number of rotatable bonds is 13. The molecule has 0 amide bonds. The fourth-order valence-electron chi connectivity index (χ4n) is 6.55. The van der Waals surface area contributed by atoms with E-state index in [4.69, 9.17) is 0 Å². The van der Waals surface area contributed by atoms with E-state index < -0.39 is 0 Å². The van der Waals surface area contributed by atoms with Crippen molar-refractivity contribution in [1.29, 1.82) is 0 Å². The lowest BCUT2D eigenvalue weighted by Gasteiger charge is -2.37. The molecule has 4 aromatic carbocycles. The summed E-state index contributed by atoms with van der Waals surface area (Å²) in [6.45, 7) is 5.58. The molecular weight excluding hydrogens is 472 g/mol. The first-order valence-corrected chi connectivity index (χ1v) is 15.0. The molecule has 0 aromatic heterocycles. The smallest absolute Gasteiger partial charge is 0.0205 e. The van der Waals surface area contributed by atoms with E-state index >= 15 is 0 Å². The number of hydrogen-bond donors (Lipinski definition) is 1. The SMILES string of the molecule is c1ccc(CNCCCC(CCCN2CCC(c3ccccc3)CC2)(c2ccccc2)c2ccccc2)cc1. The van der Waals surface area contributed by atoms with Gasteiger partial charge < -0.3 is 10.2 Å². The maximum Gasteiger partial charge on any atom is 0.0205 e. The first kappa shape index (κ1) is 27.4. The Hall–Kier alpha value is -3.20. The zero-order valence-electron chi connectivity index (χ0n) is 23.3. The van der Waals surface area contributed by atoms with E-state index in [-0.39, 0.29) is 5.41 Å². The van der Waals surface area contributed by atoms with Gasteiger partial charge in [0.05, 0.1) is 0 Å². The maximum atomic E-state index is 3.69. The van der Waals surface area contributed by atoms with Gasteiger partial charge in [-0.15, -0.1) is 0 Å². The number of nitrogens with zero attached hydrogens (tertiary/aromatic N) is 1. The molecule has 0 atom stereocenters. The second-order valence-corrected chi connectivity index (χ2v) is 11.2. The summed E-state index contributed by atoms with van der Waals surface area (Å²) in [7, 11) is 0. The Morgan fingerprint density at radius 2 is 1.13 bits per heavy atom. The standard InChI is InChI=1S/C37H44N2/c1-5-15-32(16-6-1)31-38-27-13-25-37(35-19-9-3-10-20-35,36-21-11-4-12-22-36)26-14-28-39-29-23-34(24-30-39)33-17-7-2-8-18-33/h1-12,15-22,34,38H,13-14,23-31H2. The zero-order valence-corrected chi connectivity index (χ0v) is 23.3. The second-order valence-electron chi connectivity index (χ2n) is 11.2. The van der Waals surface area contributed by atoms with Gasteiger partial charge in [0.15, 0.2) is 0 Å². The van der Waals surface area contributed by atoms with Crippen molar-refractivity contribution in [2.45, 2.75) is 56.4 Å². The van der Waals surface area contributed by atoms with Gasteiger partial charge in [-0.1, -0.05) is 121 Å². The molecule has 2 heteroatoms. The van der Waals surface area contributed by atoms with Crippen molar-refractivity contribution in [3.05, 3.63) is 144 Å². The largest absolute Gasteiger partial charge is 0.313 e. The lowest BCUT2D eigenvalue weighted by atomic mass is 9.68. The minimum absolute atomic E-state index is 0.0410. The van der Waals surface area contributed by atoms with Gasteiger partial charge in [-0.3, -0.25) is 0 Å². The third kappa shape index (κ3) is 7.47. The molecule has 2 nitrogen and oxygen atoms in total.